The second-order valence-electron chi connectivity index (χ2n) is 5.12. The summed E-state index contributed by atoms with van der Waals surface area (Å²) in [5.41, 5.74) is 1.50. The number of hydrogen-bond donors (Lipinski definition) is 2. The second-order valence-corrected chi connectivity index (χ2v) is 5.12. The van der Waals surface area contributed by atoms with Gasteiger partial charge in [-0.3, -0.25) is 0 Å². The molecule has 2 aromatic carbocycles. The molecule has 0 amide bonds. The number of likely N-dealkylation sites (N-methyl/N-ethyl adjacent to an activating group) is 1. The summed E-state index contributed by atoms with van der Waals surface area (Å²) in [5.74, 6) is 0.648. The van der Waals surface area contributed by atoms with Crippen molar-refractivity contribution in [2.45, 2.75) is 12.2 Å². The van der Waals surface area contributed by atoms with Crippen LogP contribution in [-0.2, 0) is 12.2 Å². The van der Waals surface area contributed by atoms with Crippen LogP contribution in [0.2, 0.25) is 0 Å². The smallest absolute Gasteiger partial charge is 0.131 e. The first kappa shape index (κ1) is 13.6. The number of benzene rings is 2. The third-order valence-corrected chi connectivity index (χ3v) is 3.88. The van der Waals surface area contributed by atoms with Crippen LogP contribution in [0.5, 0.6) is 5.75 Å². The van der Waals surface area contributed by atoms with E-state index < -0.39 is 5.60 Å². The highest BCUT2D eigenvalue weighted by atomic mass is 16.5. The molecule has 1 unspecified atom stereocenters. The van der Waals surface area contributed by atoms with Gasteiger partial charge in [0.25, 0.3) is 0 Å². The normalized spacial score (nSPS) is 19.7. The third kappa shape index (κ3) is 2.07. The number of fused-ring (bicyclic) bond motifs is 2. The van der Waals surface area contributed by atoms with Crippen molar-refractivity contribution in [3.05, 3.63) is 64.7 Å². The summed E-state index contributed by atoms with van der Waals surface area (Å²) in [6, 6.07) is 15.0. The first-order valence-corrected chi connectivity index (χ1v) is 6.82. The van der Waals surface area contributed by atoms with Crippen LogP contribution >= 0.6 is 0 Å². The Kier molecular flexibility index (Phi) is 3.38. The number of nitrogens with zero attached hydrogens (tertiary/aromatic N) is 1. The predicted octanol–water partition coefficient (Wildman–Crippen LogP) is 1.91. The van der Waals surface area contributed by atoms with Crippen molar-refractivity contribution in [2.24, 2.45) is 0 Å². The average Bonchev–Trinajstić information content (AvgIpc) is 2.64. The Balaban J connectivity index is 2.30. The number of nitrogens with one attached hydrogen (secondary N) is 1. The Bertz CT molecular complexity index is 721. The molecule has 0 radical (unpaired) electrons. The van der Waals surface area contributed by atoms with Crippen molar-refractivity contribution in [1.29, 1.82) is 5.26 Å². The Morgan fingerprint density at radius 3 is 2.76 bits per heavy atom. The van der Waals surface area contributed by atoms with Crippen molar-refractivity contribution in [2.75, 3.05) is 13.6 Å². The molecule has 0 bridgehead atoms. The molecule has 4 nitrogen and oxygen atoms in total. The van der Waals surface area contributed by atoms with E-state index in [2.05, 4.69) is 11.4 Å². The largest absolute Gasteiger partial charge is 0.488 e. The number of aliphatic hydroxyl groups is 1. The van der Waals surface area contributed by atoms with Crippen LogP contribution in [0, 0.1) is 11.3 Å². The summed E-state index contributed by atoms with van der Waals surface area (Å²) >= 11 is 0. The molecule has 1 heterocycles. The highest BCUT2D eigenvalue weighted by molar-refractivity contribution is 5.53. The maximum absolute atomic E-state index is 11.3. The van der Waals surface area contributed by atoms with Gasteiger partial charge in [0.15, 0.2) is 0 Å². The summed E-state index contributed by atoms with van der Waals surface area (Å²) in [4.78, 5) is 0. The fraction of sp³-hybridized carbons (Fsp3) is 0.235. The molecule has 0 aromatic heterocycles. The minimum absolute atomic E-state index is 0.280. The quantitative estimate of drug-likeness (QED) is 0.882. The predicted molar refractivity (Wildman–Crippen MR) is 78.9 cm³/mol. The van der Waals surface area contributed by atoms with Gasteiger partial charge >= 0.3 is 0 Å². The number of para-hydroxylation sites is 1. The first-order chi connectivity index (χ1) is 10.2. The number of hydrogen-bond acceptors (Lipinski definition) is 4. The van der Waals surface area contributed by atoms with Gasteiger partial charge in [-0.25, -0.2) is 0 Å². The maximum atomic E-state index is 11.3. The highest BCUT2D eigenvalue weighted by Gasteiger charge is 2.38. The maximum Gasteiger partial charge on any atom is 0.131 e. The Hall–Kier alpha value is -2.35. The topological polar surface area (TPSA) is 65.3 Å². The summed E-state index contributed by atoms with van der Waals surface area (Å²) < 4.78 is 5.82. The zero-order valence-electron chi connectivity index (χ0n) is 11.8. The molecule has 1 aliphatic heterocycles. The average molecular weight is 280 g/mol. The van der Waals surface area contributed by atoms with Crippen LogP contribution in [0.1, 0.15) is 22.3 Å². The molecular weight excluding hydrogens is 264 g/mol. The van der Waals surface area contributed by atoms with Crippen molar-refractivity contribution in [3.8, 4) is 11.8 Å². The molecule has 0 spiro atoms. The number of rotatable bonds is 2. The fourth-order valence-electron chi connectivity index (χ4n) is 2.91. The van der Waals surface area contributed by atoms with Crippen LogP contribution in [-0.4, -0.2) is 18.7 Å². The lowest BCUT2D eigenvalue weighted by atomic mass is 9.82. The molecule has 0 saturated carbocycles. The van der Waals surface area contributed by atoms with E-state index in [9.17, 15) is 10.4 Å². The van der Waals surface area contributed by atoms with E-state index in [1.54, 1.807) is 19.2 Å². The minimum atomic E-state index is -1.22. The van der Waals surface area contributed by atoms with Gasteiger partial charge in [0.2, 0.25) is 0 Å². The molecule has 3 rings (SSSR count). The van der Waals surface area contributed by atoms with Crippen molar-refractivity contribution in [1.82, 2.24) is 5.32 Å². The Labute approximate surface area is 123 Å². The van der Waals surface area contributed by atoms with Crippen molar-refractivity contribution < 1.29 is 9.84 Å². The van der Waals surface area contributed by atoms with Crippen LogP contribution < -0.4 is 10.1 Å². The van der Waals surface area contributed by atoms with Crippen LogP contribution in [0.4, 0.5) is 0 Å². The second kappa shape index (κ2) is 5.21. The van der Waals surface area contributed by atoms with Gasteiger partial charge in [-0.1, -0.05) is 30.3 Å². The zero-order valence-corrected chi connectivity index (χ0v) is 11.8. The van der Waals surface area contributed by atoms with Gasteiger partial charge in [0, 0.05) is 17.7 Å². The molecular formula is C17H16N2O2. The van der Waals surface area contributed by atoms with E-state index in [1.165, 1.54) is 0 Å². The van der Waals surface area contributed by atoms with E-state index in [0.717, 1.165) is 11.1 Å². The molecule has 0 saturated heterocycles. The molecule has 106 valence electrons. The minimum Gasteiger partial charge on any atom is -0.488 e. The molecule has 21 heavy (non-hydrogen) atoms. The molecule has 4 heteroatoms. The molecule has 0 fully saturated rings. The number of ether oxygens (including phenoxy) is 1. The number of nitriles is 1. The van der Waals surface area contributed by atoms with E-state index in [4.69, 9.17) is 4.74 Å². The van der Waals surface area contributed by atoms with Gasteiger partial charge in [-0.15, -0.1) is 0 Å². The van der Waals surface area contributed by atoms with Gasteiger partial charge < -0.3 is 15.2 Å². The van der Waals surface area contributed by atoms with Gasteiger partial charge in [0.05, 0.1) is 11.6 Å². The Morgan fingerprint density at radius 1 is 1.24 bits per heavy atom. The van der Waals surface area contributed by atoms with E-state index in [-0.39, 0.29) is 6.61 Å². The standard InChI is InChI=1S/C17H16N2O2/c1-19-11-17(20)14-7-4-5-12(9-18)13(14)10-21-16-8-3-2-6-15(16)17/h2-8,19-20H,10-11H2,1H3. The summed E-state index contributed by atoms with van der Waals surface area (Å²) in [5, 5.41) is 23.7. The van der Waals surface area contributed by atoms with E-state index in [1.807, 2.05) is 30.3 Å². The van der Waals surface area contributed by atoms with Crippen molar-refractivity contribution >= 4 is 0 Å². The monoisotopic (exact) mass is 280 g/mol. The fourth-order valence-corrected chi connectivity index (χ4v) is 2.91. The molecule has 2 N–H and O–H groups in total. The molecule has 0 aliphatic carbocycles. The Morgan fingerprint density at radius 2 is 2.00 bits per heavy atom. The van der Waals surface area contributed by atoms with Gasteiger partial charge in [-0.2, -0.15) is 5.26 Å². The lowest BCUT2D eigenvalue weighted by Gasteiger charge is -2.29. The first-order valence-electron chi connectivity index (χ1n) is 6.82. The summed E-state index contributed by atoms with van der Waals surface area (Å²) in [6.07, 6.45) is 0. The van der Waals surface area contributed by atoms with Crippen LogP contribution in [0.3, 0.4) is 0 Å². The van der Waals surface area contributed by atoms with Gasteiger partial charge in [0.1, 0.15) is 18.0 Å². The third-order valence-electron chi connectivity index (χ3n) is 3.88. The zero-order chi connectivity index (χ0) is 14.9. The molecule has 1 aliphatic rings. The summed E-state index contributed by atoms with van der Waals surface area (Å²) in [7, 11) is 1.79. The highest BCUT2D eigenvalue weighted by Crippen LogP contribution is 2.40. The van der Waals surface area contributed by atoms with E-state index in [0.29, 0.717) is 23.4 Å². The summed E-state index contributed by atoms with van der Waals surface area (Å²) in [6.45, 7) is 0.622. The SMILES string of the molecule is CNCC1(O)c2ccccc2OCc2c(C#N)cccc21. The van der Waals surface area contributed by atoms with Crippen LogP contribution in [0.15, 0.2) is 42.5 Å². The van der Waals surface area contributed by atoms with Crippen molar-refractivity contribution in [3.63, 3.8) is 0 Å². The van der Waals surface area contributed by atoms with Gasteiger partial charge in [-0.05, 0) is 24.7 Å². The molecule has 1 atom stereocenters. The lowest BCUT2D eigenvalue weighted by Crippen LogP contribution is -2.38. The lowest BCUT2D eigenvalue weighted by molar-refractivity contribution is 0.0815. The molecule has 2 aromatic rings. The van der Waals surface area contributed by atoms with E-state index >= 15 is 0 Å². The van der Waals surface area contributed by atoms with Crippen LogP contribution in [0.25, 0.3) is 0 Å².